The second-order valence-electron chi connectivity index (χ2n) is 7.00. The number of hydrogen-bond acceptors (Lipinski definition) is 4. The topological polar surface area (TPSA) is 52.7 Å². The van der Waals surface area contributed by atoms with Gasteiger partial charge in [-0.15, -0.1) is 0 Å². The predicted octanol–water partition coefficient (Wildman–Crippen LogP) is 1.80. The van der Waals surface area contributed by atoms with Gasteiger partial charge in [-0.05, 0) is 37.1 Å². The van der Waals surface area contributed by atoms with E-state index in [1.165, 1.54) is 0 Å². The fraction of sp³-hybridized carbons (Fsp3) is 0.667. The molecular formula is C18H31N3O2S. The molecule has 136 valence electrons. The molecule has 5 nitrogen and oxygen atoms in total. The monoisotopic (exact) mass is 353 g/mol. The molecule has 1 aromatic carbocycles. The zero-order chi connectivity index (χ0) is 17.7. The molecule has 1 atom stereocenters. The van der Waals surface area contributed by atoms with Gasteiger partial charge in [-0.2, -0.15) is 0 Å². The van der Waals surface area contributed by atoms with Crippen LogP contribution in [-0.2, 0) is 16.4 Å². The Morgan fingerprint density at radius 2 is 1.67 bits per heavy atom. The minimum Gasteiger partial charge on any atom is -0.304 e. The number of rotatable bonds is 7. The van der Waals surface area contributed by atoms with Crippen LogP contribution in [0.3, 0.4) is 0 Å². The quantitative estimate of drug-likeness (QED) is 0.812. The summed E-state index contributed by atoms with van der Waals surface area (Å²) in [6, 6.07) is 7.38. The summed E-state index contributed by atoms with van der Waals surface area (Å²) < 4.78 is 27.9. The molecule has 1 heterocycles. The molecule has 1 aliphatic heterocycles. The summed E-state index contributed by atoms with van der Waals surface area (Å²) in [7, 11) is -1.32. The van der Waals surface area contributed by atoms with Crippen molar-refractivity contribution in [1.82, 2.24) is 14.5 Å². The van der Waals surface area contributed by atoms with Gasteiger partial charge in [-0.1, -0.05) is 32.9 Å². The summed E-state index contributed by atoms with van der Waals surface area (Å²) in [6.45, 7) is 10.9. The molecule has 1 N–H and O–H groups in total. The molecule has 1 aliphatic rings. The Hall–Kier alpha value is -0.950. The molecule has 0 bridgehead atoms. The lowest BCUT2D eigenvalue weighted by atomic mass is 10.0. The number of nitrogens with one attached hydrogen (secondary N) is 1. The SMILES string of the molecule is CCc1ccc(S(=O)(=O)NCC(C(C)C)N2CCN(C)CC2)cc1. The van der Waals surface area contributed by atoms with Crippen molar-refractivity contribution >= 4 is 10.0 Å². The highest BCUT2D eigenvalue weighted by Gasteiger charge is 2.26. The highest BCUT2D eigenvalue weighted by atomic mass is 32.2. The Kier molecular flexibility index (Phi) is 6.80. The van der Waals surface area contributed by atoms with Gasteiger partial charge in [0, 0.05) is 38.8 Å². The standard InChI is InChI=1S/C18H31N3O2S/c1-5-16-6-8-17(9-7-16)24(22,23)19-14-18(15(2)3)21-12-10-20(4)11-13-21/h6-9,15,18-19H,5,10-14H2,1-4H3. The molecule has 0 radical (unpaired) electrons. The summed E-state index contributed by atoms with van der Waals surface area (Å²) in [5.74, 6) is 0.401. The summed E-state index contributed by atoms with van der Waals surface area (Å²) in [5.41, 5.74) is 1.14. The molecule has 6 heteroatoms. The van der Waals surface area contributed by atoms with E-state index in [2.05, 4.69) is 42.3 Å². The first kappa shape index (κ1) is 19.4. The van der Waals surface area contributed by atoms with Crippen molar-refractivity contribution in [3.63, 3.8) is 0 Å². The Labute approximate surface area is 147 Å². The van der Waals surface area contributed by atoms with E-state index in [9.17, 15) is 8.42 Å². The molecule has 1 unspecified atom stereocenters. The van der Waals surface area contributed by atoms with Crippen molar-refractivity contribution < 1.29 is 8.42 Å². The predicted molar refractivity (Wildman–Crippen MR) is 98.7 cm³/mol. The van der Waals surface area contributed by atoms with Crippen molar-refractivity contribution in [3.05, 3.63) is 29.8 Å². The van der Waals surface area contributed by atoms with Gasteiger partial charge in [0.1, 0.15) is 0 Å². The number of likely N-dealkylation sites (N-methyl/N-ethyl adjacent to an activating group) is 1. The van der Waals surface area contributed by atoms with E-state index >= 15 is 0 Å². The van der Waals surface area contributed by atoms with E-state index in [1.807, 2.05) is 12.1 Å². The van der Waals surface area contributed by atoms with Crippen LogP contribution in [0.15, 0.2) is 29.2 Å². The zero-order valence-corrected chi connectivity index (χ0v) is 16.1. The fourth-order valence-corrected chi connectivity index (χ4v) is 4.17. The van der Waals surface area contributed by atoms with Gasteiger partial charge < -0.3 is 4.90 Å². The van der Waals surface area contributed by atoms with Gasteiger partial charge in [-0.3, -0.25) is 4.90 Å². The molecule has 0 spiro atoms. The summed E-state index contributed by atoms with van der Waals surface area (Å²) in [5, 5.41) is 0. The summed E-state index contributed by atoms with van der Waals surface area (Å²) >= 11 is 0. The second-order valence-corrected chi connectivity index (χ2v) is 8.77. The number of benzene rings is 1. The molecule has 1 aromatic rings. The first-order valence-corrected chi connectivity index (χ1v) is 10.3. The second kappa shape index (κ2) is 8.43. The van der Waals surface area contributed by atoms with Gasteiger partial charge in [0.2, 0.25) is 10.0 Å². The zero-order valence-electron chi connectivity index (χ0n) is 15.3. The molecule has 0 aliphatic carbocycles. The van der Waals surface area contributed by atoms with Crippen molar-refractivity contribution in [2.75, 3.05) is 39.8 Å². The molecule has 0 amide bonds. The highest BCUT2D eigenvalue weighted by molar-refractivity contribution is 7.89. The van der Waals surface area contributed by atoms with Gasteiger partial charge in [0.25, 0.3) is 0 Å². The number of piperazine rings is 1. The maximum absolute atomic E-state index is 12.6. The largest absolute Gasteiger partial charge is 0.304 e. The Morgan fingerprint density at radius 1 is 1.08 bits per heavy atom. The van der Waals surface area contributed by atoms with Crippen LogP contribution < -0.4 is 4.72 Å². The lowest BCUT2D eigenvalue weighted by Gasteiger charge is -2.39. The van der Waals surface area contributed by atoms with Gasteiger partial charge in [0.15, 0.2) is 0 Å². The number of nitrogens with zero attached hydrogens (tertiary/aromatic N) is 2. The average Bonchev–Trinajstić information content (AvgIpc) is 2.56. The van der Waals surface area contributed by atoms with Crippen LogP contribution >= 0.6 is 0 Å². The van der Waals surface area contributed by atoms with Crippen LogP contribution in [0, 0.1) is 5.92 Å². The van der Waals surface area contributed by atoms with Gasteiger partial charge >= 0.3 is 0 Å². The number of hydrogen-bond donors (Lipinski definition) is 1. The lowest BCUT2D eigenvalue weighted by molar-refractivity contribution is 0.0905. The fourth-order valence-electron chi connectivity index (χ4n) is 3.12. The molecule has 1 fully saturated rings. The number of sulfonamides is 1. The first-order valence-electron chi connectivity index (χ1n) is 8.84. The van der Waals surface area contributed by atoms with Crippen LogP contribution in [0.2, 0.25) is 0 Å². The minimum absolute atomic E-state index is 0.225. The Balaban J connectivity index is 2.01. The van der Waals surface area contributed by atoms with Crippen molar-refractivity contribution in [2.45, 2.75) is 38.1 Å². The van der Waals surface area contributed by atoms with Crippen molar-refractivity contribution in [2.24, 2.45) is 5.92 Å². The molecule has 0 saturated carbocycles. The van der Waals surface area contributed by atoms with Crippen LogP contribution in [0.1, 0.15) is 26.3 Å². The molecule has 1 saturated heterocycles. The van der Waals surface area contributed by atoms with Crippen LogP contribution in [0.25, 0.3) is 0 Å². The molecule has 24 heavy (non-hydrogen) atoms. The molecular weight excluding hydrogens is 322 g/mol. The first-order chi connectivity index (χ1) is 11.3. The van der Waals surface area contributed by atoms with E-state index in [1.54, 1.807) is 12.1 Å². The van der Waals surface area contributed by atoms with Crippen LogP contribution in [-0.4, -0.2) is 64.0 Å². The summed E-state index contributed by atoms with van der Waals surface area (Å²) in [6.07, 6.45) is 0.909. The third kappa shape index (κ3) is 5.02. The molecule has 2 rings (SSSR count). The van der Waals surface area contributed by atoms with E-state index in [0.29, 0.717) is 17.4 Å². The van der Waals surface area contributed by atoms with E-state index in [-0.39, 0.29) is 6.04 Å². The summed E-state index contributed by atoms with van der Waals surface area (Å²) in [4.78, 5) is 5.07. The maximum atomic E-state index is 12.6. The Bertz CT molecular complexity index is 606. The van der Waals surface area contributed by atoms with Crippen LogP contribution in [0.5, 0.6) is 0 Å². The van der Waals surface area contributed by atoms with Crippen molar-refractivity contribution in [1.29, 1.82) is 0 Å². The van der Waals surface area contributed by atoms with Gasteiger partial charge in [-0.25, -0.2) is 13.1 Å². The van der Waals surface area contributed by atoms with Crippen molar-refractivity contribution in [3.8, 4) is 0 Å². The van der Waals surface area contributed by atoms with Gasteiger partial charge in [0.05, 0.1) is 4.90 Å². The number of aryl methyl sites for hydroxylation is 1. The maximum Gasteiger partial charge on any atom is 0.240 e. The highest BCUT2D eigenvalue weighted by Crippen LogP contribution is 2.15. The minimum atomic E-state index is -3.45. The van der Waals surface area contributed by atoms with E-state index in [0.717, 1.165) is 38.2 Å². The Morgan fingerprint density at radius 3 is 2.17 bits per heavy atom. The average molecular weight is 354 g/mol. The molecule has 0 aromatic heterocycles. The van der Waals surface area contributed by atoms with Crippen LogP contribution in [0.4, 0.5) is 0 Å². The normalized spacial score (nSPS) is 18.9. The van der Waals surface area contributed by atoms with E-state index in [4.69, 9.17) is 0 Å². The third-order valence-electron chi connectivity index (χ3n) is 4.90. The smallest absolute Gasteiger partial charge is 0.240 e. The van der Waals surface area contributed by atoms with E-state index < -0.39 is 10.0 Å². The third-order valence-corrected chi connectivity index (χ3v) is 6.34. The lowest BCUT2D eigenvalue weighted by Crippen LogP contribution is -2.54.